The Labute approximate surface area is 71.4 Å². The fourth-order valence-electron chi connectivity index (χ4n) is 1.95. The normalized spacial score (nSPS) is 31.2. The maximum absolute atomic E-state index is 5.07. The van der Waals surface area contributed by atoms with Gasteiger partial charge in [-0.05, 0) is 29.9 Å². The van der Waals surface area contributed by atoms with Crippen molar-refractivity contribution < 1.29 is 4.42 Å². The van der Waals surface area contributed by atoms with Crippen LogP contribution in [0.15, 0.2) is 41.2 Å². The van der Waals surface area contributed by atoms with Gasteiger partial charge < -0.3 is 4.42 Å². The van der Waals surface area contributed by atoms with Crippen LogP contribution in [0.5, 0.6) is 0 Å². The molecule has 0 N–H and O–H groups in total. The second-order valence-electron chi connectivity index (χ2n) is 3.52. The molecule has 1 aromatic rings. The largest absolute Gasteiger partial charge is 0.472 e. The van der Waals surface area contributed by atoms with Crippen molar-refractivity contribution in [3.05, 3.63) is 42.4 Å². The summed E-state index contributed by atoms with van der Waals surface area (Å²) in [5.41, 5.74) is 2.71. The number of fused-ring (bicyclic) bond motifs is 1. The molecule has 0 saturated heterocycles. The number of rotatable bonds is 1. The van der Waals surface area contributed by atoms with Crippen LogP contribution >= 0.6 is 0 Å². The molecule has 1 heteroatoms. The van der Waals surface area contributed by atoms with Gasteiger partial charge in [-0.1, -0.05) is 18.2 Å². The number of furan rings is 1. The Balaban J connectivity index is 2.03. The molecule has 1 aromatic heterocycles. The maximum atomic E-state index is 5.07. The first kappa shape index (κ1) is 6.30. The second-order valence-corrected chi connectivity index (χ2v) is 3.52. The van der Waals surface area contributed by atoms with Gasteiger partial charge in [0.05, 0.1) is 12.5 Å². The molecular weight excluding hydrogens is 148 g/mol. The fourth-order valence-corrected chi connectivity index (χ4v) is 1.95. The van der Waals surface area contributed by atoms with Gasteiger partial charge in [0, 0.05) is 5.56 Å². The summed E-state index contributed by atoms with van der Waals surface area (Å²) in [6.07, 6.45) is 11.6. The van der Waals surface area contributed by atoms with Crippen LogP contribution in [-0.4, -0.2) is 0 Å². The lowest BCUT2D eigenvalue weighted by Gasteiger charge is -2.04. The van der Waals surface area contributed by atoms with Gasteiger partial charge in [-0.2, -0.15) is 0 Å². The van der Waals surface area contributed by atoms with Crippen LogP contribution in [0.1, 0.15) is 12.0 Å². The molecular formula is C11H10O. The number of hydrogen-bond donors (Lipinski definition) is 0. The van der Waals surface area contributed by atoms with E-state index in [4.69, 9.17) is 4.42 Å². The summed E-state index contributed by atoms with van der Waals surface area (Å²) in [6.45, 7) is 0. The standard InChI is InChI=1S/C11H10O/c1-2-8-6-11(8)10(3-1)9-4-5-12-7-9/h1-5,7-8,11H,6H2. The Bertz CT molecular complexity index is 343. The van der Waals surface area contributed by atoms with Gasteiger partial charge in [-0.3, -0.25) is 0 Å². The Morgan fingerprint density at radius 3 is 3.25 bits per heavy atom. The highest BCUT2D eigenvalue weighted by molar-refractivity contribution is 5.72. The molecule has 12 heavy (non-hydrogen) atoms. The maximum Gasteiger partial charge on any atom is 0.0977 e. The lowest BCUT2D eigenvalue weighted by atomic mass is 9.99. The summed E-state index contributed by atoms with van der Waals surface area (Å²) in [5.74, 6) is 1.60. The summed E-state index contributed by atoms with van der Waals surface area (Å²) in [4.78, 5) is 0. The highest BCUT2D eigenvalue weighted by Gasteiger charge is 2.39. The van der Waals surface area contributed by atoms with Crippen LogP contribution in [0.3, 0.4) is 0 Å². The molecule has 0 radical (unpaired) electrons. The van der Waals surface area contributed by atoms with Crippen molar-refractivity contribution in [2.24, 2.45) is 11.8 Å². The Hall–Kier alpha value is -1.24. The van der Waals surface area contributed by atoms with E-state index in [1.165, 1.54) is 17.6 Å². The van der Waals surface area contributed by atoms with E-state index in [0.29, 0.717) is 0 Å². The quantitative estimate of drug-likeness (QED) is 0.612. The molecule has 2 aliphatic rings. The first-order valence-corrected chi connectivity index (χ1v) is 4.36. The van der Waals surface area contributed by atoms with Crippen molar-refractivity contribution in [2.75, 3.05) is 0 Å². The van der Waals surface area contributed by atoms with E-state index >= 15 is 0 Å². The molecule has 0 aromatic carbocycles. The average molecular weight is 158 g/mol. The minimum absolute atomic E-state index is 0.785. The highest BCUT2D eigenvalue weighted by Crippen LogP contribution is 2.50. The SMILES string of the molecule is C1=CC2CC2C(c2ccoc2)=C1. The third kappa shape index (κ3) is 0.795. The minimum Gasteiger partial charge on any atom is -0.472 e. The van der Waals surface area contributed by atoms with Gasteiger partial charge in [0.15, 0.2) is 0 Å². The third-order valence-electron chi connectivity index (χ3n) is 2.73. The molecule has 1 saturated carbocycles. The van der Waals surface area contributed by atoms with Gasteiger partial charge in [0.25, 0.3) is 0 Å². The van der Waals surface area contributed by atoms with E-state index in [1.807, 2.05) is 12.3 Å². The average Bonchev–Trinajstić information content (AvgIpc) is 2.70. The van der Waals surface area contributed by atoms with Gasteiger partial charge in [-0.15, -0.1) is 0 Å². The van der Waals surface area contributed by atoms with E-state index < -0.39 is 0 Å². The van der Waals surface area contributed by atoms with Crippen LogP contribution in [0.25, 0.3) is 5.57 Å². The summed E-state index contributed by atoms with van der Waals surface area (Å²) in [6, 6.07) is 2.04. The molecule has 0 amide bonds. The number of allylic oxidation sites excluding steroid dienone is 4. The van der Waals surface area contributed by atoms with Crippen molar-refractivity contribution >= 4 is 5.57 Å². The van der Waals surface area contributed by atoms with Crippen LogP contribution in [0.4, 0.5) is 0 Å². The lowest BCUT2D eigenvalue weighted by molar-refractivity contribution is 0.566. The fraction of sp³-hybridized carbons (Fsp3) is 0.273. The van der Waals surface area contributed by atoms with E-state index in [1.54, 1.807) is 6.26 Å². The topological polar surface area (TPSA) is 13.1 Å². The van der Waals surface area contributed by atoms with Crippen LogP contribution in [0.2, 0.25) is 0 Å². The van der Waals surface area contributed by atoms with Crippen LogP contribution in [0, 0.1) is 11.8 Å². The zero-order valence-corrected chi connectivity index (χ0v) is 6.73. The van der Waals surface area contributed by atoms with Crippen molar-refractivity contribution in [3.8, 4) is 0 Å². The molecule has 0 bridgehead atoms. The molecule has 1 heterocycles. The van der Waals surface area contributed by atoms with Crippen LogP contribution < -0.4 is 0 Å². The molecule has 1 fully saturated rings. The monoisotopic (exact) mass is 158 g/mol. The van der Waals surface area contributed by atoms with Crippen molar-refractivity contribution in [1.82, 2.24) is 0 Å². The zero-order chi connectivity index (χ0) is 7.97. The lowest BCUT2D eigenvalue weighted by Crippen LogP contribution is -1.89. The summed E-state index contributed by atoms with van der Waals surface area (Å²) >= 11 is 0. The van der Waals surface area contributed by atoms with Gasteiger partial charge in [-0.25, -0.2) is 0 Å². The first-order valence-electron chi connectivity index (χ1n) is 4.36. The third-order valence-corrected chi connectivity index (χ3v) is 2.73. The zero-order valence-electron chi connectivity index (χ0n) is 6.73. The van der Waals surface area contributed by atoms with E-state index in [-0.39, 0.29) is 0 Å². The van der Waals surface area contributed by atoms with Crippen LogP contribution in [-0.2, 0) is 0 Å². The van der Waals surface area contributed by atoms with Crippen molar-refractivity contribution in [2.45, 2.75) is 6.42 Å². The Kier molecular flexibility index (Phi) is 1.12. The number of hydrogen-bond acceptors (Lipinski definition) is 1. The predicted octanol–water partition coefficient (Wildman–Crippen LogP) is 2.87. The molecule has 2 unspecified atom stereocenters. The predicted molar refractivity (Wildman–Crippen MR) is 47.4 cm³/mol. The smallest absolute Gasteiger partial charge is 0.0977 e. The molecule has 60 valence electrons. The summed E-state index contributed by atoms with van der Waals surface area (Å²) < 4.78 is 5.07. The van der Waals surface area contributed by atoms with Gasteiger partial charge >= 0.3 is 0 Å². The second kappa shape index (κ2) is 2.13. The molecule has 3 rings (SSSR count). The molecule has 2 atom stereocenters. The van der Waals surface area contributed by atoms with Gasteiger partial charge in [0.1, 0.15) is 0 Å². The highest BCUT2D eigenvalue weighted by atomic mass is 16.3. The first-order chi connectivity index (χ1) is 5.95. The summed E-state index contributed by atoms with van der Waals surface area (Å²) in [7, 11) is 0. The van der Waals surface area contributed by atoms with E-state index in [9.17, 15) is 0 Å². The van der Waals surface area contributed by atoms with E-state index in [2.05, 4.69) is 18.2 Å². The Morgan fingerprint density at radius 2 is 2.42 bits per heavy atom. The Morgan fingerprint density at radius 1 is 1.42 bits per heavy atom. The minimum atomic E-state index is 0.785. The molecule has 0 spiro atoms. The van der Waals surface area contributed by atoms with Crippen molar-refractivity contribution in [3.63, 3.8) is 0 Å². The van der Waals surface area contributed by atoms with Crippen molar-refractivity contribution in [1.29, 1.82) is 0 Å². The molecule has 1 nitrogen and oxygen atoms in total. The van der Waals surface area contributed by atoms with Gasteiger partial charge in [0.2, 0.25) is 0 Å². The van der Waals surface area contributed by atoms with E-state index in [0.717, 1.165) is 11.8 Å². The molecule has 2 aliphatic carbocycles. The molecule has 0 aliphatic heterocycles. The summed E-state index contributed by atoms with van der Waals surface area (Å²) in [5, 5.41) is 0.